The van der Waals surface area contributed by atoms with Gasteiger partial charge in [-0.05, 0) is 24.3 Å². The number of aromatic nitrogens is 2. The summed E-state index contributed by atoms with van der Waals surface area (Å²) >= 11 is 1.52. The van der Waals surface area contributed by atoms with Crippen molar-refractivity contribution in [2.75, 3.05) is 13.1 Å². The maximum Gasteiger partial charge on any atom is 0.308 e. The van der Waals surface area contributed by atoms with Crippen LogP contribution in [0.15, 0.2) is 22.0 Å². The molecule has 1 aliphatic heterocycles. The molecule has 1 aliphatic rings. The number of carbonyl (C=O) groups excluding carboxylic acids is 1. The summed E-state index contributed by atoms with van der Waals surface area (Å²) in [4.78, 5) is 30.1. The molecule has 3 heterocycles. The first kappa shape index (κ1) is 15.7. The molecular formula is C15H17N3O4S. The predicted molar refractivity (Wildman–Crippen MR) is 82.9 cm³/mol. The van der Waals surface area contributed by atoms with E-state index < -0.39 is 11.9 Å². The second-order valence-electron chi connectivity index (χ2n) is 5.51. The third-order valence-corrected chi connectivity index (χ3v) is 4.75. The average Bonchev–Trinajstić information content (AvgIpc) is 3.23. The van der Waals surface area contributed by atoms with Crippen molar-refractivity contribution in [3.05, 3.63) is 23.4 Å². The molecule has 0 bridgehead atoms. The number of carboxylic acid groups (broad SMARTS) is 1. The molecule has 3 rings (SSSR count). The van der Waals surface area contributed by atoms with Gasteiger partial charge < -0.3 is 14.5 Å². The van der Waals surface area contributed by atoms with Crippen LogP contribution in [-0.4, -0.2) is 45.1 Å². The zero-order valence-electron chi connectivity index (χ0n) is 12.5. The molecule has 1 unspecified atom stereocenters. The minimum absolute atomic E-state index is 0.0631. The minimum atomic E-state index is -0.833. The fourth-order valence-corrected chi connectivity index (χ4v) is 3.29. The SMILES string of the molecule is O=C(O)C1CCCN(C(=O)CCc2nc(-c3cccs3)no2)C1. The summed E-state index contributed by atoms with van der Waals surface area (Å²) in [5, 5.41) is 14.9. The van der Waals surface area contributed by atoms with E-state index in [0.717, 1.165) is 11.3 Å². The number of aryl methyl sites for hydroxylation is 1. The molecule has 0 radical (unpaired) electrons. The number of nitrogens with zero attached hydrogens (tertiary/aromatic N) is 3. The van der Waals surface area contributed by atoms with Crippen molar-refractivity contribution in [2.45, 2.75) is 25.7 Å². The lowest BCUT2D eigenvalue weighted by Crippen LogP contribution is -2.42. The normalized spacial score (nSPS) is 18.1. The van der Waals surface area contributed by atoms with E-state index in [1.54, 1.807) is 4.90 Å². The molecule has 0 aliphatic carbocycles. The highest BCUT2D eigenvalue weighted by atomic mass is 32.1. The number of carboxylic acids is 1. The summed E-state index contributed by atoms with van der Waals surface area (Å²) in [5.74, 6) is -0.395. The van der Waals surface area contributed by atoms with Gasteiger partial charge in [0.25, 0.3) is 0 Å². The van der Waals surface area contributed by atoms with E-state index in [0.29, 0.717) is 37.6 Å². The molecule has 1 fully saturated rings. The van der Waals surface area contributed by atoms with Crippen LogP contribution in [0.4, 0.5) is 0 Å². The van der Waals surface area contributed by atoms with Crippen molar-refractivity contribution in [2.24, 2.45) is 5.92 Å². The summed E-state index contributed by atoms with van der Waals surface area (Å²) in [6, 6.07) is 3.82. The van der Waals surface area contributed by atoms with Gasteiger partial charge in [-0.3, -0.25) is 9.59 Å². The van der Waals surface area contributed by atoms with E-state index in [1.807, 2.05) is 17.5 Å². The molecule has 0 saturated carbocycles. The summed E-state index contributed by atoms with van der Waals surface area (Å²) in [7, 11) is 0. The molecule has 23 heavy (non-hydrogen) atoms. The standard InChI is InChI=1S/C15H17N3O4S/c19-13(18-7-1-3-10(9-18)15(20)21)6-5-12-16-14(17-22-12)11-4-2-8-23-11/h2,4,8,10H,1,3,5-7,9H2,(H,20,21). The molecule has 1 atom stereocenters. The molecule has 2 aromatic rings. The fourth-order valence-electron chi connectivity index (χ4n) is 2.64. The summed E-state index contributed by atoms with van der Waals surface area (Å²) in [6.45, 7) is 0.908. The van der Waals surface area contributed by atoms with Crippen LogP contribution in [0.1, 0.15) is 25.2 Å². The van der Waals surface area contributed by atoms with Crippen LogP contribution in [0.2, 0.25) is 0 Å². The highest BCUT2D eigenvalue weighted by Gasteiger charge is 2.28. The Hall–Kier alpha value is -2.22. The van der Waals surface area contributed by atoms with E-state index in [9.17, 15) is 9.59 Å². The highest BCUT2D eigenvalue weighted by molar-refractivity contribution is 7.13. The molecule has 1 saturated heterocycles. The summed E-state index contributed by atoms with van der Waals surface area (Å²) in [6.07, 6.45) is 1.97. The number of carbonyl (C=O) groups is 2. The van der Waals surface area contributed by atoms with Gasteiger partial charge in [-0.2, -0.15) is 4.98 Å². The largest absolute Gasteiger partial charge is 0.481 e. The number of amides is 1. The number of thiophene rings is 1. The van der Waals surface area contributed by atoms with Crippen molar-refractivity contribution in [3.8, 4) is 10.7 Å². The van der Waals surface area contributed by atoms with Gasteiger partial charge in [0, 0.05) is 25.9 Å². The first-order chi connectivity index (χ1) is 11.1. The lowest BCUT2D eigenvalue weighted by molar-refractivity contribution is -0.145. The van der Waals surface area contributed by atoms with Crippen molar-refractivity contribution in [1.82, 2.24) is 15.0 Å². The zero-order chi connectivity index (χ0) is 16.2. The van der Waals surface area contributed by atoms with Crippen molar-refractivity contribution >= 4 is 23.2 Å². The van der Waals surface area contributed by atoms with Crippen LogP contribution in [0, 0.1) is 5.92 Å². The number of aliphatic carboxylic acids is 1. The molecular weight excluding hydrogens is 318 g/mol. The summed E-state index contributed by atoms with van der Waals surface area (Å²) < 4.78 is 5.17. The van der Waals surface area contributed by atoms with Gasteiger partial charge in [-0.1, -0.05) is 11.2 Å². The number of hydrogen-bond donors (Lipinski definition) is 1. The van der Waals surface area contributed by atoms with Gasteiger partial charge in [0.1, 0.15) is 0 Å². The van der Waals surface area contributed by atoms with Crippen LogP contribution in [0.5, 0.6) is 0 Å². The molecule has 7 nitrogen and oxygen atoms in total. The minimum Gasteiger partial charge on any atom is -0.481 e. The Kier molecular flexibility index (Phi) is 4.71. The second kappa shape index (κ2) is 6.91. The molecule has 0 aromatic carbocycles. The van der Waals surface area contributed by atoms with Crippen molar-refractivity contribution in [1.29, 1.82) is 0 Å². The predicted octanol–water partition coefficient (Wildman–Crippen LogP) is 2.05. The Morgan fingerprint density at radius 3 is 3.09 bits per heavy atom. The Balaban J connectivity index is 1.54. The zero-order valence-corrected chi connectivity index (χ0v) is 13.3. The Morgan fingerprint density at radius 1 is 1.48 bits per heavy atom. The number of likely N-dealkylation sites (tertiary alicyclic amines) is 1. The van der Waals surface area contributed by atoms with Gasteiger partial charge in [-0.15, -0.1) is 11.3 Å². The van der Waals surface area contributed by atoms with Crippen molar-refractivity contribution < 1.29 is 19.2 Å². The van der Waals surface area contributed by atoms with E-state index in [-0.39, 0.29) is 12.3 Å². The van der Waals surface area contributed by atoms with Crippen molar-refractivity contribution in [3.63, 3.8) is 0 Å². The number of piperidine rings is 1. The van der Waals surface area contributed by atoms with Gasteiger partial charge in [-0.25, -0.2) is 0 Å². The molecule has 122 valence electrons. The third-order valence-electron chi connectivity index (χ3n) is 3.89. The molecule has 0 spiro atoms. The van der Waals surface area contributed by atoms with Crippen LogP contribution >= 0.6 is 11.3 Å². The first-order valence-electron chi connectivity index (χ1n) is 7.50. The first-order valence-corrected chi connectivity index (χ1v) is 8.38. The molecule has 8 heteroatoms. The Morgan fingerprint density at radius 2 is 2.35 bits per heavy atom. The molecule has 2 aromatic heterocycles. The topological polar surface area (TPSA) is 96.5 Å². The maximum atomic E-state index is 12.2. The Bertz CT molecular complexity index is 683. The van der Waals surface area contributed by atoms with Gasteiger partial charge in [0.15, 0.2) is 0 Å². The van der Waals surface area contributed by atoms with Crippen LogP contribution in [-0.2, 0) is 16.0 Å². The number of hydrogen-bond acceptors (Lipinski definition) is 6. The lowest BCUT2D eigenvalue weighted by Gasteiger charge is -2.30. The fraction of sp³-hybridized carbons (Fsp3) is 0.467. The summed E-state index contributed by atoms with van der Waals surface area (Å²) in [5.41, 5.74) is 0. The maximum absolute atomic E-state index is 12.2. The second-order valence-corrected chi connectivity index (χ2v) is 6.45. The monoisotopic (exact) mass is 335 g/mol. The number of rotatable bonds is 5. The van der Waals surface area contributed by atoms with E-state index in [4.69, 9.17) is 9.63 Å². The quantitative estimate of drug-likeness (QED) is 0.898. The van der Waals surface area contributed by atoms with Crippen LogP contribution in [0.3, 0.4) is 0 Å². The van der Waals surface area contributed by atoms with Crippen LogP contribution in [0.25, 0.3) is 10.7 Å². The van der Waals surface area contributed by atoms with Gasteiger partial charge in [0.2, 0.25) is 17.6 Å². The van der Waals surface area contributed by atoms with E-state index in [1.165, 1.54) is 11.3 Å². The third kappa shape index (κ3) is 3.76. The van der Waals surface area contributed by atoms with Gasteiger partial charge in [0.05, 0.1) is 10.8 Å². The highest BCUT2D eigenvalue weighted by Crippen LogP contribution is 2.22. The van der Waals surface area contributed by atoms with Crippen LogP contribution < -0.4 is 0 Å². The van der Waals surface area contributed by atoms with E-state index in [2.05, 4.69) is 10.1 Å². The molecule has 1 amide bonds. The Labute approximate surface area is 136 Å². The molecule has 1 N–H and O–H groups in total. The lowest BCUT2D eigenvalue weighted by atomic mass is 9.98. The van der Waals surface area contributed by atoms with E-state index >= 15 is 0 Å². The van der Waals surface area contributed by atoms with Gasteiger partial charge >= 0.3 is 5.97 Å². The average molecular weight is 335 g/mol. The smallest absolute Gasteiger partial charge is 0.308 e.